The predicted octanol–water partition coefficient (Wildman–Crippen LogP) is 5.38. The quantitative estimate of drug-likeness (QED) is 0.307. The van der Waals surface area contributed by atoms with Gasteiger partial charge in [-0.15, -0.1) is 0 Å². The van der Waals surface area contributed by atoms with Crippen LogP contribution in [-0.2, 0) is 26.2 Å². The van der Waals surface area contributed by atoms with Crippen molar-refractivity contribution in [2.45, 2.75) is 57.1 Å². The number of ether oxygens (including phenoxy) is 1. The molecule has 0 aliphatic heterocycles. The van der Waals surface area contributed by atoms with Crippen molar-refractivity contribution in [2.75, 3.05) is 18.0 Å². The first-order valence-electron chi connectivity index (χ1n) is 12.9. The average Bonchev–Trinajstić information content (AvgIpc) is 2.91. The zero-order chi connectivity index (χ0) is 29.5. The molecule has 1 N–H and O–H groups in total. The lowest BCUT2D eigenvalue weighted by Crippen LogP contribution is -2.55. The Morgan fingerprint density at radius 1 is 0.975 bits per heavy atom. The van der Waals surface area contributed by atoms with Crippen LogP contribution < -0.4 is 14.4 Å². The highest BCUT2D eigenvalue weighted by molar-refractivity contribution is 9.10. The summed E-state index contributed by atoms with van der Waals surface area (Å²) in [5, 5.41) is 2.97. The molecule has 2 amide bonds. The molecule has 40 heavy (non-hydrogen) atoms. The lowest BCUT2D eigenvalue weighted by Gasteiger charge is -2.34. The molecule has 0 spiro atoms. The molecule has 0 fully saturated rings. The molecule has 0 radical (unpaired) electrons. The molecule has 3 aromatic rings. The number of carbonyl (C=O) groups is 2. The Labute approximate surface area is 245 Å². The van der Waals surface area contributed by atoms with Crippen LogP contribution in [0.2, 0.25) is 0 Å². The number of carbonyl (C=O) groups excluding carboxylic acids is 2. The van der Waals surface area contributed by atoms with Crippen LogP contribution in [0.1, 0.15) is 39.7 Å². The Morgan fingerprint density at radius 3 is 2.17 bits per heavy atom. The van der Waals surface area contributed by atoms with Crippen LogP contribution >= 0.6 is 15.9 Å². The molecule has 214 valence electrons. The zero-order valence-corrected chi connectivity index (χ0v) is 25.8. The van der Waals surface area contributed by atoms with E-state index in [4.69, 9.17) is 4.74 Å². The average molecular weight is 631 g/mol. The van der Waals surface area contributed by atoms with Crippen LogP contribution in [0.15, 0.2) is 88.2 Å². The van der Waals surface area contributed by atoms with Crippen LogP contribution in [0.4, 0.5) is 5.69 Å². The van der Waals surface area contributed by atoms with Gasteiger partial charge in [-0.2, -0.15) is 0 Å². The lowest BCUT2D eigenvalue weighted by atomic mass is 10.1. The Kier molecular flexibility index (Phi) is 10.4. The number of rotatable bonds is 11. The molecule has 0 saturated carbocycles. The maximum atomic E-state index is 14.1. The van der Waals surface area contributed by atoms with E-state index in [2.05, 4.69) is 21.2 Å². The molecule has 0 aromatic heterocycles. The molecule has 0 aliphatic carbocycles. The molecule has 0 heterocycles. The summed E-state index contributed by atoms with van der Waals surface area (Å²) in [6, 6.07) is 21.1. The smallest absolute Gasteiger partial charge is 0.264 e. The fourth-order valence-electron chi connectivity index (χ4n) is 4.18. The van der Waals surface area contributed by atoms with Gasteiger partial charge in [-0.3, -0.25) is 13.9 Å². The number of methoxy groups -OCH3 is 1. The first kappa shape index (κ1) is 31.2. The Hall–Kier alpha value is -3.37. The van der Waals surface area contributed by atoms with Crippen LogP contribution in [-0.4, -0.2) is 50.4 Å². The fraction of sp³-hybridized carbons (Fsp3) is 0.333. The Morgan fingerprint density at radius 2 is 1.62 bits per heavy atom. The molecule has 3 aromatic carbocycles. The number of hydrogen-bond acceptors (Lipinski definition) is 5. The minimum atomic E-state index is -4.11. The summed E-state index contributed by atoms with van der Waals surface area (Å²) in [5.41, 5.74) is 0.581. The lowest BCUT2D eigenvalue weighted by molar-refractivity contribution is -0.141. The van der Waals surface area contributed by atoms with Gasteiger partial charge in [-0.1, -0.05) is 59.3 Å². The van der Waals surface area contributed by atoms with Gasteiger partial charge in [0.05, 0.1) is 17.7 Å². The van der Waals surface area contributed by atoms with Gasteiger partial charge in [-0.05, 0) is 75.2 Å². The number of nitrogens with zero attached hydrogens (tertiary/aromatic N) is 2. The van der Waals surface area contributed by atoms with Crippen LogP contribution in [0.5, 0.6) is 5.75 Å². The van der Waals surface area contributed by atoms with E-state index in [9.17, 15) is 18.0 Å². The van der Waals surface area contributed by atoms with E-state index >= 15 is 0 Å². The molecule has 10 heteroatoms. The second-order valence-corrected chi connectivity index (χ2v) is 13.1. The van der Waals surface area contributed by atoms with Gasteiger partial charge in [0.1, 0.15) is 18.3 Å². The molecule has 0 unspecified atom stereocenters. The van der Waals surface area contributed by atoms with Gasteiger partial charge in [0.2, 0.25) is 11.8 Å². The number of hydrogen-bond donors (Lipinski definition) is 1. The predicted molar refractivity (Wildman–Crippen MR) is 161 cm³/mol. The molecule has 8 nitrogen and oxygen atoms in total. The summed E-state index contributed by atoms with van der Waals surface area (Å²) in [7, 11) is -2.55. The number of anilines is 1. The van der Waals surface area contributed by atoms with Crippen molar-refractivity contribution in [3.8, 4) is 5.75 Å². The number of nitrogens with one attached hydrogen (secondary N) is 1. The summed E-state index contributed by atoms with van der Waals surface area (Å²) in [6.07, 6.45) is 0.339. The summed E-state index contributed by atoms with van der Waals surface area (Å²) in [5.74, 6) is -0.156. The standard InChI is InChI=1S/C30H36BrN3O5S/c1-6-27(29(36)32-30(2,3)4)33(20-22-15-17-25(39-5)18-16-22)28(35)21-34(24-12-10-11-23(31)19-24)40(37,38)26-13-8-7-9-14-26/h7-19,27H,6,20-21H2,1-5H3,(H,32,36)/t27-/m0/s1. The number of sulfonamides is 1. The highest BCUT2D eigenvalue weighted by Crippen LogP contribution is 2.27. The van der Waals surface area contributed by atoms with Crippen molar-refractivity contribution < 1.29 is 22.7 Å². The van der Waals surface area contributed by atoms with Gasteiger partial charge >= 0.3 is 0 Å². The van der Waals surface area contributed by atoms with Crippen molar-refractivity contribution in [3.05, 3.63) is 88.9 Å². The van der Waals surface area contributed by atoms with Crippen molar-refractivity contribution in [2.24, 2.45) is 0 Å². The third kappa shape index (κ3) is 8.08. The summed E-state index contributed by atoms with van der Waals surface area (Å²) in [6.45, 7) is 7.05. The third-order valence-corrected chi connectivity index (χ3v) is 8.38. The van der Waals surface area contributed by atoms with E-state index < -0.39 is 34.1 Å². The van der Waals surface area contributed by atoms with E-state index in [1.807, 2.05) is 39.8 Å². The normalized spacial score (nSPS) is 12.3. The highest BCUT2D eigenvalue weighted by atomic mass is 79.9. The van der Waals surface area contributed by atoms with Gasteiger partial charge in [-0.25, -0.2) is 8.42 Å². The van der Waals surface area contributed by atoms with E-state index in [0.717, 1.165) is 9.87 Å². The molecule has 0 bridgehead atoms. The minimum absolute atomic E-state index is 0.0574. The number of benzene rings is 3. The molecule has 3 rings (SSSR count). The SMILES string of the molecule is CC[C@@H](C(=O)NC(C)(C)C)N(Cc1ccc(OC)cc1)C(=O)CN(c1cccc(Br)c1)S(=O)(=O)c1ccccc1. The first-order chi connectivity index (χ1) is 18.9. The van der Waals surface area contributed by atoms with E-state index in [1.165, 1.54) is 17.0 Å². The van der Waals surface area contributed by atoms with Crippen LogP contribution in [0, 0.1) is 0 Å². The highest BCUT2D eigenvalue weighted by Gasteiger charge is 2.34. The Bertz CT molecular complexity index is 1410. The fourth-order valence-corrected chi connectivity index (χ4v) is 5.99. The van der Waals surface area contributed by atoms with Crippen molar-refractivity contribution >= 4 is 43.5 Å². The molecule has 1 atom stereocenters. The monoisotopic (exact) mass is 629 g/mol. The Balaban J connectivity index is 2.06. The van der Waals surface area contributed by atoms with Crippen molar-refractivity contribution in [3.63, 3.8) is 0 Å². The summed E-state index contributed by atoms with van der Waals surface area (Å²) in [4.78, 5) is 29.0. The maximum absolute atomic E-state index is 14.1. The third-order valence-electron chi connectivity index (χ3n) is 6.10. The number of amides is 2. The van der Waals surface area contributed by atoms with Crippen molar-refractivity contribution in [1.29, 1.82) is 0 Å². The van der Waals surface area contributed by atoms with E-state index in [0.29, 0.717) is 22.3 Å². The molecule has 0 aliphatic rings. The summed E-state index contributed by atoms with van der Waals surface area (Å²) < 4.78 is 34.7. The molecular weight excluding hydrogens is 594 g/mol. The van der Waals surface area contributed by atoms with Crippen LogP contribution in [0.3, 0.4) is 0 Å². The largest absolute Gasteiger partial charge is 0.497 e. The topological polar surface area (TPSA) is 96.0 Å². The maximum Gasteiger partial charge on any atom is 0.264 e. The molecular formula is C30H36BrN3O5S. The second kappa shape index (κ2) is 13.3. The van der Waals surface area contributed by atoms with Gasteiger partial charge in [0, 0.05) is 16.6 Å². The second-order valence-electron chi connectivity index (χ2n) is 10.3. The minimum Gasteiger partial charge on any atom is -0.497 e. The summed E-state index contributed by atoms with van der Waals surface area (Å²) >= 11 is 3.41. The molecule has 0 saturated heterocycles. The van der Waals surface area contributed by atoms with Gasteiger partial charge in [0.15, 0.2) is 0 Å². The van der Waals surface area contributed by atoms with Gasteiger partial charge in [0.25, 0.3) is 10.0 Å². The first-order valence-corrected chi connectivity index (χ1v) is 15.2. The van der Waals surface area contributed by atoms with E-state index in [1.54, 1.807) is 61.7 Å². The van der Waals surface area contributed by atoms with E-state index in [-0.39, 0.29) is 17.3 Å². The number of halogens is 1. The van der Waals surface area contributed by atoms with Gasteiger partial charge < -0.3 is 15.0 Å². The zero-order valence-electron chi connectivity index (χ0n) is 23.4. The van der Waals surface area contributed by atoms with Crippen molar-refractivity contribution in [1.82, 2.24) is 10.2 Å². The van der Waals surface area contributed by atoms with Crippen LogP contribution in [0.25, 0.3) is 0 Å².